The SMILES string of the molecule is N[C@@H](Cc1ccccc1)C(=O)C1(CC[C@H](NC(=O)N2CCOCC2)C(=O)C(=O)CBr)C=CC=CC1. The Labute approximate surface area is 214 Å². The number of carbonyl (C=O) groups excluding carboxylic acids is 4. The molecule has 1 heterocycles. The van der Waals surface area contributed by atoms with E-state index in [0.29, 0.717) is 39.1 Å². The molecule has 0 radical (unpaired) electrons. The van der Waals surface area contributed by atoms with E-state index in [9.17, 15) is 19.2 Å². The van der Waals surface area contributed by atoms with Gasteiger partial charge in [-0.25, -0.2) is 4.79 Å². The van der Waals surface area contributed by atoms with Crippen LogP contribution in [0.4, 0.5) is 4.79 Å². The lowest BCUT2D eigenvalue weighted by molar-refractivity contribution is -0.136. The number of allylic oxidation sites excluding steroid dienone is 4. The van der Waals surface area contributed by atoms with Crippen molar-refractivity contribution in [1.29, 1.82) is 0 Å². The van der Waals surface area contributed by atoms with Crippen LogP contribution < -0.4 is 11.1 Å². The van der Waals surface area contributed by atoms with Crippen LogP contribution in [0.5, 0.6) is 0 Å². The second kappa shape index (κ2) is 12.9. The predicted octanol–water partition coefficient (Wildman–Crippen LogP) is 2.35. The number of nitrogens with two attached hydrogens (primary N) is 1. The highest BCUT2D eigenvalue weighted by Crippen LogP contribution is 2.36. The summed E-state index contributed by atoms with van der Waals surface area (Å²) in [7, 11) is 0. The van der Waals surface area contributed by atoms with E-state index in [0.717, 1.165) is 5.56 Å². The number of hydrogen-bond donors (Lipinski definition) is 2. The average molecular weight is 546 g/mol. The maximum Gasteiger partial charge on any atom is 0.318 e. The number of morpholine rings is 1. The molecule has 1 aliphatic heterocycles. The first-order chi connectivity index (χ1) is 16.9. The fourth-order valence-corrected chi connectivity index (χ4v) is 4.70. The normalized spacial score (nSPS) is 21.3. The number of hydrogen-bond acceptors (Lipinski definition) is 6. The number of ether oxygens (including phenoxy) is 1. The molecule has 1 saturated heterocycles. The summed E-state index contributed by atoms with van der Waals surface area (Å²) >= 11 is 3.04. The van der Waals surface area contributed by atoms with Crippen molar-refractivity contribution in [3.8, 4) is 0 Å². The second-order valence-corrected chi connectivity index (χ2v) is 9.43. The Morgan fingerprint density at radius 3 is 2.46 bits per heavy atom. The summed E-state index contributed by atoms with van der Waals surface area (Å²) in [6, 6.07) is 7.38. The van der Waals surface area contributed by atoms with E-state index < -0.39 is 35.1 Å². The number of nitrogens with one attached hydrogen (secondary N) is 1. The molecule has 1 aliphatic carbocycles. The summed E-state index contributed by atoms with van der Waals surface area (Å²) in [5.74, 6) is -1.44. The first kappa shape index (κ1) is 27.0. The van der Waals surface area contributed by atoms with Crippen molar-refractivity contribution in [3.05, 3.63) is 60.2 Å². The van der Waals surface area contributed by atoms with Gasteiger partial charge < -0.3 is 20.7 Å². The maximum atomic E-state index is 13.6. The lowest BCUT2D eigenvalue weighted by Crippen LogP contribution is -2.53. The zero-order valence-corrected chi connectivity index (χ0v) is 21.2. The Bertz CT molecular complexity index is 974. The van der Waals surface area contributed by atoms with E-state index in [2.05, 4.69) is 21.2 Å². The van der Waals surface area contributed by atoms with Crippen LogP contribution in [0.3, 0.4) is 0 Å². The number of alkyl halides is 1. The van der Waals surface area contributed by atoms with Crippen LogP contribution in [-0.4, -0.2) is 72.0 Å². The van der Waals surface area contributed by atoms with Crippen molar-refractivity contribution in [2.45, 2.75) is 37.8 Å². The number of ketones is 3. The minimum Gasteiger partial charge on any atom is -0.378 e. The molecule has 0 saturated carbocycles. The summed E-state index contributed by atoms with van der Waals surface area (Å²) in [5, 5.41) is 2.59. The molecule has 3 N–H and O–H groups in total. The highest BCUT2D eigenvalue weighted by atomic mass is 79.9. The van der Waals surface area contributed by atoms with Gasteiger partial charge in [-0.05, 0) is 31.2 Å². The number of halogens is 1. The van der Waals surface area contributed by atoms with Gasteiger partial charge in [-0.3, -0.25) is 14.4 Å². The molecule has 0 aromatic heterocycles. The minimum absolute atomic E-state index is 0.125. The summed E-state index contributed by atoms with van der Waals surface area (Å²) < 4.78 is 5.28. The van der Waals surface area contributed by atoms with E-state index in [4.69, 9.17) is 10.5 Å². The third-order valence-corrected chi connectivity index (χ3v) is 6.97. The minimum atomic E-state index is -1.04. The van der Waals surface area contributed by atoms with Crippen molar-refractivity contribution in [1.82, 2.24) is 10.2 Å². The number of urea groups is 1. The lowest BCUT2D eigenvalue weighted by atomic mass is 9.70. The molecule has 3 atom stereocenters. The monoisotopic (exact) mass is 545 g/mol. The smallest absolute Gasteiger partial charge is 0.318 e. The molecule has 1 unspecified atom stereocenters. The third kappa shape index (κ3) is 7.19. The van der Waals surface area contributed by atoms with Crippen molar-refractivity contribution in [2.24, 2.45) is 11.1 Å². The molecule has 35 heavy (non-hydrogen) atoms. The Morgan fingerprint density at radius 2 is 1.83 bits per heavy atom. The van der Waals surface area contributed by atoms with Crippen molar-refractivity contribution in [3.63, 3.8) is 0 Å². The average Bonchev–Trinajstić information content (AvgIpc) is 2.91. The lowest BCUT2D eigenvalue weighted by Gasteiger charge is -2.34. The summed E-state index contributed by atoms with van der Waals surface area (Å²) in [4.78, 5) is 52.9. The summed E-state index contributed by atoms with van der Waals surface area (Å²) in [6.07, 6.45) is 8.65. The number of benzene rings is 1. The fourth-order valence-electron chi connectivity index (χ4n) is 4.42. The Hall–Kier alpha value is -2.62. The third-order valence-electron chi connectivity index (χ3n) is 6.46. The van der Waals surface area contributed by atoms with Gasteiger partial charge in [0.05, 0.1) is 36.0 Å². The molecule has 1 aromatic rings. The van der Waals surface area contributed by atoms with E-state index in [1.165, 1.54) is 0 Å². The van der Waals surface area contributed by atoms with E-state index in [1.807, 2.05) is 54.6 Å². The predicted molar refractivity (Wildman–Crippen MR) is 136 cm³/mol. The van der Waals surface area contributed by atoms with Crippen LogP contribution in [0.2, 0.25) is 0 Å². The summed E-state index contributed by atoms with van der Waals surface area (Å²) in [5.41, 5.74) is 6.41. The number of Topliss-reactive ketones (excluding diaryl/α,β-unsaturated/α-hetero) is 3. The van der Waals surface area contributed by atoms with Crippen molar-refractivity contribution < 1.29 is 23.9 Å². The Balaban J connectivity index is 1.75. The Kier molecular flexibility index (Phi) is 9.94. The van der Waals surface area contributed by atoms with Crippen LogP contribution >= 0.6 is 15.9 Å². The maximum absolute atomic E-state index is 13.6. The van der Waals surface area contributed by atoms with E-state index in [1.54, 1.807) is 4.90 Å². The van der Waals surface area contributed by atoms with Crippen LogP contribution in [0.25, 0.3) is 0 Å². The second-order valence-electron chi connectivity index (χ2n) is 8.87. The van der Waals surface area contributed by atoms with Gasteiger partial charge in [-0.2, -0.15) is 0 Å². The highest BCUT2D eigenvalue weighted by Gasteiger charge is 2.40. The first-order valence-electron chi connectivity index (χ1n) is 11.8. The molecule has 1 fully saturated rings. The van der Waals surface area contributed by atoms with Gasteiger partial charge in [-0.1, -0.05) is 70.6 Å². The molecule has 0 spiro atoms. The molecule has 1 aromatic carbocycles. The van der Waals surface area contributed by atoms with Gasteiger partial charge in [0.1, 0.15) is 0 Å². The van der Waals surface area contributed by atoms with Gasteiger partial charge in [0.15, 0.2) is 5.78 Å². The van der Waals surface area contributed by atoms with Crippen molar-refractivity contribution >= 4 is 39.3 Å². The Morgan fingerprint density at radius 1 is 1.11 bits per heavy atom. The number of carbonyl (C=O) groups is 4. The molecular formula is C26H32BrN3O5. The van der Waals surface area contributed by atoms with E-state index in [-0.39, 0.29) is 24.0 Å². The van der Waals surface area contributed by atoms with Crippen molar-refractivity contribution in [2.75, 3.05) is 31.6 Å². The largest absolute Gasteiger partial charge is 0.378 e. The molecule has 3 rings (SSSR count). The van der Waals surface area contributed by atoms with Crippen LogP contribution in [-0.2, 0) is 25.5 Å². The molecule has 2 amide bonds. The molecular weight excluding hydrogens is 514 g/mol. The van der Waals surface area contributed by atoms with Crippen LogP contribution in [0.1, 0.15) is 24.8 Å². The number of nitrogens with zero attached hydrogens (tertiary/aromatic N) is 1. The fraction of sp³-hybridized carbons (Fsp3) is 0.462. The first-order valence-corrected chi connectivity index (χ1v) is 12.9. The van der Waals surface area contributed by atoms with Gasteiger partial charge in [0.2, 0.25) is 11.6 Å². The zero-order chi connectivity index (χ0) is 25.3. The van der Waals surface area contributed by atoms with Gasteiger partial charge in [-0.15, -0.1) is 0 Å². The van der Waals surface area contributed by atoms with E-state index >= 15 is 0 Å². The quantitative estimate of drug-likeness (QED) is 0.325. The van der Waals surface area contributed by atoms with Gasteiger partial charge in [0.25, 0.3) is 0 Å². The van der Waals surface area contributed by atoms with Gasteiger partial charge >= 0.3 is 6.03 Å². The molecule has 2 aliphatic rings. The standard InChI is InChI=1S/C26H32BrN3O5/c27-18-22(31)23(32)21(29-25(34)30-13-15-35-16-14-30)9-12-26(10-5-2-6-11-26)24(33)20(28)17-19-7-3-1-4-8-19/h1-8,10,20-21H,9,11-18,28H2,(H,29,34)/t20-,21-,26?/m0/s1. The van der Waals surface area contributed by atoms with Crippen LogP contribution in [0.15, 0.2) is 54.6 Å². The molecule has 9 heteroatoms. The summed E-state index contributed by atoms with van der Waals surface area (Å²) in [6.45, 7) is 1.65. The molecule has 188 valence electrons. The number of rotatable bonds is 11. The molecule has 0 bridgehead atoms. The number of amides is 2. The van der Waals surface area contributed by atoms with Gasteiger partial charge in [0, 0.05) is 13.1 Å². The molecule has 8 nitrogen and oxygen atoms in total. The topological polar surface area (TPSA) is 119 Å². The zero-order valence-electron chi connectivity index (χ0n) is 19.7. The van der Waals surface area contributed by atoms with Crippen LogP contribution in [0, 0.1) is 5.41 Å². The highest BCUT2D eigenvalue weighted by molar-refractivity contribution is 9.09.